The van der Waals surface area contributed by atoms with E-state index in [1.807, 2.05) is 43.5 Å². The van der Waals surface area contributed by atoms with E-state index in [1.165, 1.54) is 0 Å². The van der Waals surface area contributed by atoms with Crippen molar-refractivity contribution in [1.82, 2.24) is 24.9 Å². The Hall–Kier alpha value is -4.20. The van der Waals surface area contributed by atoms with Crippen molar-refractivity contribution in [2.24, 2.45) is 0 Å². The van der Waals surface area contributed by atoms with Crippen molar-refractivity contribution < 1.29 is 4.74 Å². The van der Waals surface area contributed by atoms with Crippen molar-refractivity contribution in [3.8, 4) is 16.9 Å². The monoisotopic (exact) mass is 437 g/mol. The molecule has 8 nitrogen and oxygen atoms in total. The van der Waals surface area contributed by atoms with E-state index in [0.717, 1.165) is 57.6 Å². The molecule has 0 saturated heterocycles. The lowest BCUT2D eigenvalue weighted by atomic mass is 10.0. The SMILES string of the molecule is CCOc1cccc(-c2ccnc3ccc(Nc4nc(NC5CC5)c5[nH]cnc5n4)cc23)c1. The first-order valence-corrected chi connectivity index (χ1v) is 11.1. The first-order valence-electron chi connectivity index (χ1n) is 11.1. The molecular weight excluding hydrogens is 414 g/mol. The minimum absolute atomic E-state index is 0.473. The predicted octanol–water partition coefficient (Wildman–Crippen LogP) is 5.28. The minimum atomic E-state index is 0.473. The Morgan fingerprint density at radius 1 is 1.06 bits per heavy atom. The number of nitrogens with one attached hydrogen (secondary N) is 3. The third kappa shape index (κ3) is 3.91. The number of benzene rings is 2. The summed E-state index contributed by atoms with van der Waals surface area (Å²) in [5.41, 5.74) is 5.42. The summed E-state index contributed by atoms with van der Waals surface area (Å²) in [6.07, 6.45) is 5.80. The molecule has 1 fully saturated rings. The lowest BCUT2D eigenvalue weighted by molar-refractivity contribution is 0.340. The molecule has 0 aliphatic heterocycles. The molecule has 1 aliphatic carbocycles. The van der Waals surface area contributed by atoms with E-state index < -0.39 is 0 Å². The molecule has 0 spiro atoms. The quantitative estimate of drug-likeness (QED) is 0.318. The molecule has 3 heterocycles. The zero-order valence-corrected chi connectivity index (χ0v) is 18.2. The Kier molecular flexibility index (Phi) is 4.75. The highest BCUT2D eigenvalue weighted by molar-refractivity contribution is 5.96. The molecule has 2 aromatic carbocycles. The number of rotatable bonds is 7. The van der Waals surface area contributed by atoms with Crippen LogP contribution in [-0.2, 0) is 0 Å². The van der Waals surface area contributed by atoms with E-state index in [0.29, 0.717) is 24.2 Å². The average molecular weight is 438 g/mol. The van der Waals surface area contributed by atoms with Crippen molar-refractivity contribution in [2.75, 3.05) is 17.2 Å². The van der Waals surface area contributed by atoms with Crippen molar-refractivity contribution in [1.29, 1.82) is 0 Å². The fourth-order valence-electron chi connectivity index (χ4n) is 3.94. The highest BCUT2D eigenvalue weighted by Gasteiger charge is 2.23. The van der Waals surface area contributed by atoms with Crippen LogP contribution in [0.5, 0.6) is 5.75 Å². The number of imidazole rings is 1. The van der Waals surface area contributed by atoms with Crippen LogP contribution in [0.1, 0.15) is 19.8 Å². The van der Waals surface area contributed by atoms with Gasteiger partial charge in [0.2, 0.25) is 5.95 Å². The number of hydrogen-bond acceptors (Lipinski definition) is 7. The van der Waals surface area contributed by atoms with Crippen molar-refractivity contribution in [3.05, 3.63) is 61.1 Å². The predicted molar refractivity (Wildman–Crippen MR) is 130 cm³/mol. The number of aromatic amines is 1. The number of hydrogen-bond donors (Lipinski definition) is 3. The lowest BCUT2D eigenvalue weighted by Gasteiger charge is -2.12. The molecule has 33 heavy (non-hydrogen) atoms. The topological polar surface area (TPSA) is 101 Å². The number of anilines is 3. The molecule has 8 heteroatoms. The third-order valence-electron chi connectivity index (χ3n) is 5.66. The highest BCUT2D eigenvalue weighted by Crippen LogP contribution is 2.32. The lowest BCUT2D eigenvalue weighted by Crippen LogP contribution is -2.07. The van der Waals surface area contributed by atoms with Crippen LogP contribution >= 0.6 is 0 Å². The molecule has 1 aliphatic rings. The van der Waals surface area contributed by atoms with Crippen LogP contribution in [0.3, 0.4) is 0 Å². The average Bonchev–Trinajstić information content (AvgIpc) is 3.52. The van der Waals surface area contributed by atoms with E-state index in [1.54, 1.807) is 6.33 Å². The summed E-state index contributed by atoms with van der Waals surface area (Å²) in [5, 5.41) is 7.85. The molecule has 0 unspecified atom stereocenters. The summed E-state index contributed by atoms with van der Waals surface area (Å²) < 4.78 is 5.70. The zero-order chi connectivity index (χ0) is 22.2. The summed E-state index contributed by atoms with van der Waals surface area (Å²) in [4.78, 5) is 21.3. The molecule has 164 valence electrons. The van der Waals surface area contributed by atoms with Gasteiger partial charge < -0.3 is 20.4 Å². The number of fused-ring (bicyclic) bond motifs is 2. The second-order valence-electron chi connectivity index (χ2n) is 8.09. The van der Waals surface area contributed by atoms with Gasteiger partial charge in [-0.3, -0.25) is 4.98 Å². The van der Waals surface area contributed by atoms with Crippen molar-refractivity contribution in [3.63, 3.8) is 0 Å². The van der Waals surface area contributed by atoms with Gasteiger partial charge in [0.1, 0.15) is 11.3 Å². The Bertz CT molecular complexity index is 1460. The maximum absolute atomic E-state index is 5.70. The fraction of sp³-hybridized carbons (Fsp3) is 0.200. The maximum Gasteiger partial charge on any atom is 0.231 e. The molecule has 0 atom stereocenters. The van der Waals surface area contributed by atoms with Crippen LogP contribution < -0.4 is 15.4 Å². The first kappa shape index (κ1) is 19.5. The Morgan fingerprint density at radius 2 is 2.00 bits per heavy atom. The smallest absolute Gasteiger partial charge is 0.231 e. The van der Waals surface area contributed by atoms with Gasteiger partial charge in [-0.1, -0.05) is 12.1 Å². The Morgan fingerprint density at radius 3 is 2.88 bits per heavy atom. The second kappa shape index (κ2) is 8.05. The normalized spacial score (nSPS) is 13.4. The van der Waals surface area contributed by atoms with Gasteiger partial charge in [-0.05, 0) is 67.3 Å². The number of ether oxygens (including phenoxy) is 1. The number of pyridine rings is 1. The Balaban J connectivity index is 1.38. The maximum atomic E-state index is 5.70. The number of aromatic nitrogens is 5. The third-order valence-corrected chi connectivity index (χ3v) is 5.66. The van der Waals surface area contributed by atoms with E-state index in [2.05, 4.69) is 48.8 Å². The minimum Gasteiger partial charge on any atom is -0.494 e. The highest BCUT2D eigenvalue weighted by atomic mass is 16.5. The van der Waals surface area contributed by atoms with Gasteiger partial charge in [-0.2, -0.15) is 9.97 Å². The van der Waals surface area contributed by atoms with Crippen LogP contribution in [-0.4, -0.2) is 37.6 Å². The van der Waals surface area contributed by atoms with Crippen LogP contribution in [0.4, 0.5) is 17.5 Å². The Labute approximate surface area is 190 Å². The van der Waals surface area contributed by atoms with E-state index in [-0.39, 0.29) is 0 Å². The molecule has 0 bridgehead atoms. The summed E-state index contributed by atoms with van der Waals surface area (Å²) in [5.74, 6) is 2.13. The second-order valence-corrected chi connectivity index (χ2v) is 8.09. The molecule has 3 aromatic heterocycles. The molecule has 0 radical (unpaired) electrons. The zero-order valence-electron chi connectivity index (χ0n) is 18.2. The molecule has 1 saturated carbocycles. The van der Waals surface area contributed by atoms with Gasteiger partial charge in [-0.25, -0.2) is 4.98 Å². The van der Waals surface area contributed by atoms with Crippen LogP contribution in [0.15, 0.2) is 61.1 Å². The number of H-pyrrole nitrogens is 1. The molecular formula is C25H23N7O. The van der Waals surface area contributed by atoms with Crippen molar-refractivity contribution >= 4 is 39.5 Å². The van der Waals surface area contributed by atoms with Crippen LogP contribution in [0.25, 0.3) is 33.2 Å². The van der Waals surface area contributed by atoms with Gasteiger partial charge in [0.05, 0.1) is 18.5 Å². The van der Waals surface area contributed by atoms with Crippen LogP contribution in [0, 0.1) is 0 Å². The van der Waals surface area contributed by atoms with E-state index >= 15 is 0 Å². The van der Waals surface area contributed by atoms with Gasteiger partial charge in [0, 0.05) is 23.3 Å². The van der Waals surface area contributed by atoms with Crippen LogP contribution in [0.2, 0.25) is 0 Å². The van der Waals surface area contributed by atoms with E-state index in [9.17, 15) is 0 Å². The summed E-state index contributed by atoms with van der Waals surface area (Å²) in [6, 6.07) is 16.7. The van der Waals surface area contributed by atoms with Gasteiger partial charge >= 0.3 is 0 Å². The molecule has 5 aromatic rings. The van der Waals surface area contributed by atoms with Gasteiger partial charge in [0.15, 0.2) is 11.5 Å². The largest absolute Gasteiger partial charge is 0.494 e. The fourth-order valence-corrected chi connectivity index (χ4v) is 3.94. The van der Waals surface area contributed by atoms with Gasteiger partial charge in [-0.15, -0.1) is 0 Å². The molecule has 6 rings (SSSR count). The summed E-state index contributed by atoms with van der Waals surface area (Å²) in [6.45, 7) is 2.62. The van der Waals surface area contributed by atoms with Gasteiger partial charge in [0.25, 0.3) is 0 Å². The summed E-state index contributed by atoms with van der Waals surface area (Å²) >= 11 is 0. The molecule has 0 amide bonds. The standard InChI is InChI=1S/C25H23N7O/c1-2-33-18-5-3-4-15(12-18)19-10-11-26-21-9-8-17(13-20(19)21)30-25-31-23-22(27-14-28-23)24(32-25)29-16-6-7-16/h3-5,8-14,16H,2,6-7H2,1H3,(H3,27,28,29,30,31,32). The first-order chi connectivity index (χ1) is 16.3. The summed E-state index contributed by atoms with van der Waals surface area (Å²) in [7, 11) is 0. The van der Waals surface area contributed by atoms with Crippen molar-refractivity contribution in [2.45, 2.75) is 25.8 Å². The number of nitrogens with zero attached hydrogens (tertiary/aromatic N) is 4. The molecule has 3 N–H and O–H groups in total. The van der Waals surface area contributed by atoms with E-state index in [4.69, 9.17) is 9.72 Å².